The molecular formula is C22H23N3O7. The Morgan fingerprint density at radius 3 is 2.19 bits per heavy atom. The molecular weight excluding hydrogens is 418 g/mol. The van der Waals surface area contributed by atoms with E-state index in [1.165, 1.54) is 25.1 Å². The lowest BCUT2D eigenvalue weighted by atomic mass is 10.1. The fourth-order valence-electron chi connectivity index (χ4n) is 2.70. The number of nitrogens with one attached hydrogen (secondary N) is 2. The number of hydrogen-bond donors (Lipinski definition) is 2. The number of carbonyl (C=O) groups is 4. The molecule has 2 N–H and O–H groups in total. The predicted molar refractivity (Wildman–Crippen MR) is 116 cm³/mol. The van der Waals surface area contributed by atoms with Gasteiger partial charge in [0.05, 0.1) is 4.92 Å². The van der Waals surface area contributed by atoms with E-state index in [1.54, 1.807) is 31.2 Å². The first-order valence-corrected chi connectivity index (χ1v) is 9.77. The number of hydrogen-bond acceptors (Lipinski definition) is 7. The van der Waals surface area contributed by atoms with Gasteiger partial charge in [-0.3, -0.25) is 29.3 Å². The van der Waals surface area contributed by atoms with Gasteiger partial charge in [-0.15, -0.1) is 0 Å². The predicted octanol–water partition coefficient (Wildman–Crippen LogP) is 3.40. The Balaban J connectivity index is 1.69. The highest BCUT2D eigenvalue weighted by molar-refractivity contribution is 5.96. The number of ketones is 1. The number of amides is 2. The molecule has 10 heteroatoms. The highest BCUT2D eigenvalue weighted by Gasteiger charge is 2.14. The summed E-state index contributed by atoms with van der Waals surface area (Å²) in [7, 11) is 0. The molecule has 0 heterocycles. The van der Waals surface area contributed by atoms with E-state index in [0.29, 0.717) is 16.8 Å². The van der Waals surface area contributed by atoms with Crippen LogP contribution in [0.15, 0.2) is 42.5 Å². The number of nitrogens with zero attached hydrogens (tertiary/aromatic N) is 1. The van der Waals surface area contributed by atoms with Crippen molar-refractivity contribution >= 4 is 40.6 Å². The first kappa shape index (κ1) is 24.2. The third-order valence-electron chi connectivity index (χ3n) is 4.41. The van der Waals surface area contributed by atoms with Crippen LogP contribution < -0.4 is 10.6 Å². The zero-order valence-corrected chi connectivity index (χ0v) is 17.7. The van der Waals surface area contributed by atoms with Crippen LogP contribution in [0.25, 0.3) is 0 Å². The van der Waals surface area contributed by atoms with Crippen LogP contribution >= 0.6 is 0 Å². The van der Waals surface area contributed by atoms with Gasteiger partial charge in [-0.05, 0) is 50.6 Å². The van der Waals surface area contributed by atoms with Crippen LogP contribution in [0.2, 0.25) is 0 Å². The van der Waals surface area contributed by atoms with Gasteiger partial charge in [0.25, 0.3) is 11.6 Å². The van der Waals surface area contributed by atoms with Crippen molar-refractivity contribution in [2.24, 2.45) is 0 Å². The molecule has 0 aliphatic carbocycles. The topological polar surface area (TPSA) is 145 Å². The molecule has 0 saturated carbocycles. The molecule has 0 saturated heterocycles. The van der Waals surface area contributed by atoms with Crippen LogP contribution in [0.4, 0.5) is 17.1 Å². The standard InChI is InChI=1S/C22H23N3O7/c1-14-6-9-18(12-19(14)25(30)31)24-21(28)13-32-22(29)5-3-4-20(27)23-17-10-7-16(8-11-17)15(2)26/h6-12H,3-5,13H2,1-2H3,(H,23,27)(H,24,28). The molecule has 2 aromatic rings. The fraction of sp³-hybridized carbons (Fsp3) is 0.273. The Kier molecular flexibility index (Phi) is 8.58. The summed E-state index contributed by atoms with van der Waals surface area (Å²) in [5.74, 6) is -1.65. The second kappa shape index (κ2) is 11.3. The second-order valence-corrected chi connectivity index (χ2v) is 7.00. The minimum absolute atomic E-state index is 0.0556. The smallest absolute Gasteiger partial charge is 0.306 e. The first-order chi connectivity index (χ1) is 15.2. The molecule has 10 nitrogen and oxygen atoms in total. The Morgan fingerprint density at radius 1 is 0.938 bits per heavy atom. The van der Waals surface area contributed by atoms with Crippen molar-refractivity contribution in [2.75, 3.05) is 17.2 Å². The summed E-state index contributed by atoms with van der Waals surface area (Å²) in [6.07, 6.45) is 0.241. The summed E-state index contributed by atoms with van der Waals surface area (Å²) in [4.78, 5) is 57.2. The molecule has 0 aromatic heterocycles. The molecule has 0 bridgehead atoms. The molecule has 0 fully saturated rings. The normalized spacial score (nSPS) is 10.2. The van der Waals surface area contributed by atoms with Crippen LogP contribution in [0, 0.1) is 17.0 Å². The van der Waals surface area contributed by atoms with Crippen molar-refractivity contribution in [1.29, 1.82) is 0 Å². The number of Topliss-reactive ketones (excluding diaryl/α,β-unsaturated/α-hetero) is 1. The summed E-state index contributed by atoms with van der Waals surface area (Å²) in [6, 6.07) is 10.7. The zero-order chi connectivity index (χ0) is 23.7. The highest BCUT2D eigenvalue weighted by atomic mass is 16.6. The Morgan fingerprint density at radius 2 is 1.56 bits per heavy atom. The second-order valence-electron chi connectivity index (χ2n) is 7.00. The molecule has 0 radical (unpaired) electrons. The SMILES string of the molecule is CC(=O)c1ccc(NC(=O)CCCC(=O)OCC(=O)Nc2ccc(C)c([N+](=O)[O-])c2)cc1. The molecule has 2 amide bonds. The number of nitro benzene ring substituents is 1. The van der Waals surface area contributed by atoms with Crippen molar-refractivity contribution in [3.63, 3.8) is 0 Å². The summed E-state index contributed by atoms with van der Waals surface area (Å²) in [5, 5.41) is 16.0. The third kappa shape index (κ3) is 7.63. The van der Waals surface area contributed by atoms with E-state index < -0.39 is 23.4 Å². The number of carbonyl (C=O) groups excluding carboxylic acids is 4. The zero-order valence-electron chi connectivity index (χ0n) is 17.7. The van der Waals surface area contributed by atoms with E-state index in [1.807, 2.05) is 0 Å². The average Bonchev–Trinajstić information content (AvgIpc) is 2.73. The molecule has 0 unspecified atom stereocenters. The Labute approximate surface area is 184 Å². The summed E-state index contributed by atoms with van der Waals surface area (Å²) < 4.78 is 4.86. The molecule has 0 atom stereocenters. The van der Waals surface area contributed by atoms with Crippen molar-refractivity contribution in [2.45, 2.75) is 33.1 Å². The minimum Gasteiger partial charge on any atom is -0.456 e. The number of rotatable bonds is 10. The first-order valence-electron chi connectivity index (χ1n) is 9.77. The Hall–Kier alpha value is -4.08. The molecule has 32 heavy (non-hydrogen) atoms. The van der Waals surface area contributed by atoms with Gasteiger partial charge >= 0.3 is 5.97 Å². The summed E-state index contributed by atoms with van der Waals surface area (Å²) >= 11 is 0. The van der Waals surface area contributed by atoms with Gasteiger partial charge in [0, 0.05) is 41.4 Å². The van der Waals surface area contributed by atoms with Gasteiger partial charge in [0.2, 0.25) is 5.91 Å². The lowest BCUT2D eigenvalue weighted by Crippen LogP contribution is -2.21. The Bertz CT molecular complexity index is 1030. The van der Waals surface area contributed by atoms with Gasteiger partial charge < -0.3 is 15.4 Å². The van der Waals surface area contributed by atoms with E-state index in [-0.39, 0.29) is 42.3 Å². The van der Waals surface area contributed by atoms with Crippen LogP contribution in [0.5, 0.6) is 0 Å². The lowest BCUT2D eigenvalue weighted by molar-refractivity contribution is -0.385. The monoisotopic (exact) mass is 441 g/mol. The van der Waals surface area contributed by atoms with Gasteiger partial charge in [0.1, 0.15) is 0 Å². The maximum absolute atomic E-state index is 11.9. The van der Waals surface area contributed by atoms with Crippen LogP contribution in [0.1, 0.15) is 42.1 Å². The van der Waals surface area contributed by atoms with Crippen molar-refractivity contribution in [1.82, 2.24) is 0 Å². The summed E-state index contributed by atoms with van der Waals surface area (Å²) in [6.45, 7) is 2.48. The minimum atomic E-state index is -0.645. The van der Waals surface area contributed by atoms with E-state index in [9.17, 15) is 29.3 Å². The maximum Gasteiger partial charge on any atom is 0.306 e. The van der Waals surface area contributed by atoms with E-state index >= 15 is 0 Å². The van der Waals surface area contributed by atoms with E-state index in [2.05, 4.69) is 10.6 Å². The quantitative estimate of drug-likeness (QED) is 0.249. The van der Waals surface area contributed by atoms with Crippen LogP contribution in [0.3, 0.4) is 0 Å². The maximum atomic E-state index is 11.9. The van der Waals surface area contributed by atoms with Gasteiger partial charge in [-0.1, -0.05) is 6.07 Å². The largest absolute Gasteiger partial charge is 0.456 e. The number of ether oxygens (including phenoxy) is 1. The van der Waals surface area contributed by atoms with Gasteiger partial charge in [-0.2, -0.15) is 0 Å². The number of nitro groups is 1. The van der Waals surface area contributed by atoms with E-state index in [0.717, 1.165) is 0 Å². The lowest BCUT2D eigenvalue weighted by Gasteiger charge is -2.08. The van der Waals surface area contributed by atoms with Crippen molar-refractivity contribution in [3.8, 4) is 0 Å². The van der Waals surface area contributed by atoms with Crippen LogP contribution in [-0.4, -0.2) is 35.1 Å². The average molecular weight is 441 g/mol. The number of benzene rings is 2. The molecule has 0 aliphatic rings. The third-order valence-corrected chi connectivity index (χ3v) is 4.41. The molecule has 2 rings (SSSR count). The molecule has 168 valence electrons. The van der Waals surface area contributed by atoms with Crippen LogP contribution in [-0.2, 0) is 19.1 Å². The van der Waals surface area contributed by atoms with Crippen molar-refractivity contribution in [3.05, 3.63) is 63.7 Å². The number of esters is 1. The molecule has 0 spiro atoms. The highest BCUT2D eigenvalue weighted by Crippen LogP contribution is 2.22. The van der Waals surface area contributed by atoms with Gasteiger partial charge in [0.15, 0.2) is 12.4 Å². The van der Waals surface area contributed by atoms with E-state index in [4.69, 9.17) is 4.74 Å². The van der Waals surface area contributed by atoms with Crippen molar-refractivity contribution < 1.29 is 28.8 Å². The van der Waals surface area contributed by atoms with Gasteiger partial charge in [-0.25, -0.2) is 0 Å². The number of aryl methyl sites for hydroxylation is 1. The summed E-state index contributed by atoms with van der Waals surface area (Å²) in [5.41, 5.74) is 1.62. The fourth-order valence-corrected chi connectivity index (χ4v) is 2.70. The number of anilines is 2. The molecule has 0 aliphatic heterocycles. The molecule has 2 aromatic carbocycles.